The second-order valence-electron chi connectivity index (χ2n) is 11.4. The number of carbonyl (C=O) groups is 2. The predicted molar refractivity (Wildman–Crippen MR) is 170 cm³/mol. The van der Waals surface area contributed by atoms with Crippen LogP contribution in [-0.2, 0) is 10.0 Å². The summed E-state index contributed by atoms with van der Waals surface area (Å²) in [4.78, 5) is 30.1. The van der Waals surface area contributed by atoms with E-state index in [9.17, 15) is 23.1 Å². The summed E-state index contributed by atoms with van der Waals surface area (Å²) >= 11 is 0. The van der Waals surface area contributed by atoms with E-state index in [1.54, 1.807) is 18.9 Å². The normalized spacial score (nSPS) is 17.6. The minimum Gasteiger partial charge on any atom is -0.487 e. The van der Waals surface area contributed by atoms with Crippen molar-refractivity contribution in [2.45, 2.75) is 44.7 Å². The number of aromatic nitrogens is 1. The third kappa shape index (κ3) is 6.59. The maximum absolute atomic E-state index is 13.8. The molecule has 238 valence electrons. The van der Waals surface area contributed by atoms with Crippen molar-refractivity contribution in [3.63, 3.8) is 0 Å². The van der Waals surface area contributed by atoms with Crippen molar-refractivity contribution in [3.05, 3.63) is 77.7 Å². The highest BCUT2D eigenvalue weighted by atomic mass is 32.2. The van der Waals surface area contributed by atoms with E-state index in [0.29, 0.717) is 5.69 Å². The van der Waals surface area contributed by atoms with Crippen molar-refractivity contribution >= 4 is 44.1 Å². The Morgan fingerprint density at radius 3 is 2.60 bits per heavy atom. The lowest BCUT2D eigenvalue weighted by Gasteiger charge is -2.38. The van der Waals surface area contributed by atoms with Crippen molar-refractivity contribution in [1.82, 2.24) is 15.0 Å². The highest BCUT2D eigenvalue weighted by molar-refractivity contribution is 7.92. The Kier molecular flexibility index (Phi) is 9.03. The SMILES string of the molecule is Cc1noc(C)c1S(=O)(=O)Nc1ccc2c(c1)C(=O)N([C@H](C)CO)C[C@@H](C)[C@H](CN(C)C(=O)Nc1cccc3ccccc13)O2. The summed E-state index contributed by atoms with van der Waals surface area (Å²) in [6.45, 7) is 6.83. The van der Waals surface area contributed by atoms with E-state index >= 15 is 0 Å². The molecule has 0 radical (unpaired) electrons. The van der Waals surface area contributed by atoms with Gasteiger partial charge in [-0.05, 0) is 50.4 Å². The topological polar surface area (TPSA) is 154 Å². The Balaban J connectivity index is 1.42. The Morgan fingerprint density at radius 1 is 1.16 bits per heavy atom. The number of hydrogen-bond acceptors (Lipinski definition) is 8. The highest BCUT2D eigenvalue weighted by Gasteiger charge is 2.34. The van der Waals surface area contributed by atoms with Crippen LogP contribution in [0.5, 0.6) is 5.75 Å². The van der Waals surface area contributed by atoms with Crippen molar-refractivity contribution < 1.29 is 32.4 Å². The molecule has 0 saturated carbocycles. The van der Waals surface area contributed by atoms with Crippen LogP contribution in [0.3, 0.4) is 0 Å². The molecule has 0 fully saturated rings. The fourth-order valence-corrected chi connectivity index (χ4v) is 6.85. The minimum atomic E-state index is -4.07. The number of rotatable bonds is 8. The number of sulfonamides is 1. The summed E-state index contributed by atoms with van der Waals surface area (Å²) in [6.07, 6.45) is -0.543. The Hall–Kier alpha value is -4.62. The van der Waals surface area contributed by atoms with Gasteiger partial charge in [0.15, 0.2) is 10.7 Å². The number of ether oxygens (including phenoxy) is 1. The number of benzene rings is 3. The van der Waals surface area contributed by atoms with Gasteiger partial charge in [-0.1, -0.05) is 48.5 Å². The maximum atomic E-state index is 13.8. The fraction of sp³-hybridized carbons (Fsp3) is 0.344. The lowest BCUT2D eigenvalue weighted by atomic mass is 9.99. The number of nitrogens with zero attached hydrogens (tertiary/aromatic N) is 3. The number of fused-ring (bicyclic) bond motifs is 2. The molecule has 1 aliphatic heterocycles. The van der Waals surface area contributed by atoms with Crippen molar-refractivity contribution in [1.29, 1.82) is 0 Å². The smallest absolute Gasteiger partial charge is 0.321 e. The second kappa shape index (κ2) is 12.8. The summed E-state index contributed by atoms with van der Waals surface area (Å²) in [6, 6.07) is 17.1. The van der Waals surface area contributed by atoms with Gasteiger partial charge in [-0.25, -0.2) is 13.2 Å². The van der Waals surface area contributed by atoms with Crippen LogP contribution in [-0.4, -0.2) is 79.3 Å². The maximum Gasteiger partial charge on any atom is 0.321 e. The zero-order valence-corrected chi connectivity index (χ0v) is 26.6. The van der Waals surface area contributed by atoms with E-state index in [0.717, 1.165) is 10.8 Å². The van der Waals surface area contributed by atoms with Gasteiger partial charge in [-0.3, -0.25) is 9.52 Å². The van der Waals surface area contributed by atoms with Crippen LogP contribution >= 0.6 is 0 Å². The van der Waals surface area contributed by atoms with Gasteiger partial charge in [0.25, 0.3) is 15.9 Å². The second-order valence-corrected chi connectivity index (χ2v) is 13.0. The molecule has 0 spiro atoms. The molecule has 2 heterocycles. The summed E-state index contributed by atoms with van der Waals surface area (Å²) in [5.41, 5.74) is 1.15. The van der Waals surface area contributed by atoms with Crippen LogP contribution in [0.25, 0.3) is 10.8 Å². The Labute approximate surface area is 262 Å². The molecule has 1 aromatic heterocycles. The average molecular weight is 636 g/mol. The fourth-order valence-electron chi connectivity index (χ4n) is 5.47. The van der Waals surface area contributed by atoms with Crippen LogP contribution < -0.4 is 14.8 Å². The number of carbonyl (C=O) groups excluding carboxylic acids is 2. The zero-order chi connectivity index (χ0) is 32.5. The van der Waals surface area contributed by atoms with Crippen molar-refractivity contribution in [3.8, 4) is 5.75 Å². The lowest BCUT2D eigenvalue weighted by molar-refractivity contribution is 0.0371. The number of aliphatic hydroxyl groups is 1. The van der Waals surface area contributed by atoms with E-state index in [4.69, 9.17) is 9.26 Å². The number of likely N-dealkylation sites (N-methyl/N-ethyl adjacent to an activating group) is 1. The largest absolute Gasteiger partial charge is 0.487 e. The first kappa shape index (κ1) is 31.8. The molecule has 13 heteroatoms. The molecule has 4 aromatic rings. The number of aliphatic hydroxyl groups excluding tert-OH is 1. The molecule has 0 saturated heterocycles. The number of hydrogen-bond donors (Lipinski definition) is 3. The molecule has 3 atom stereocenters. The van der Waals surface area contributed by atoms with Gasteiger partial charge in [0.2, 0.25) is 0 Å². The molecule has 3 N–H and O–H groups in total. The van der Waals surface area contributed by atoms with Crippen molar-refractivity contribution in [2.24, 2.45) is 5.92 Å². The average Bonchev–Trinajstić information content (AvgIpc) is 3.37. The first-order chi connectivity index (χ1) is 21.4. The van der Waals surface area contributed by atoms with Gasteiger partial charge in [-0.15, -0.1) is 0 Å². The summed E-state index contributed by atoms with van der Waals surface area (Å²) in [7, 11) is -2.41. The molecule has 3 amide bonds. The van der Waals surface area contributed by atoms with Gasteiger partial charge in [0, 0.05) is 30.6 Å². The van der Waals surface area contributed by atoms with Gasteiger partial charge in [-0.2, -0.15) is 0 Å². The third-order valence-corrected chi connectivity index (χ3v) is 9.61. The standard InChI is InChI=1S/C32H37N5O7S/c1-19-16-37(20(2)18-38)31(39)26-15-24(35-45(41,42)30-21(3)34-44-22(30)4)13-14-28(26)43-29(19)17-36(5)32(40)33-27-12-8-10-23-9-6-7-11-25(23)27/h6-15,19-20,29,35,38H,16-18H2,1-5H3,(H,33,40)/t19-,20-,29+/m1/s1. The van der Waals surface area contributed by atoms with Gasteiger partial charge in [0.05, 0.1) is 30.4 Å². The molecule has 0 unspecified atom stereocenters. The minimum absolute atomic E-state index is 0.0777. The number of amides is 3. The van der Waals surface area contributed by atoms with Crippen LogP contribution in [0.4, 0.5) is 16.2 Å². The first-order valence-electron chi connectivity index (χ1n) is 14.6. The Morgan fingerprint density at radius 2 is 1.89 bits per heavy atom. The summed E-state index contributed by atoms with van der Waals surface area (Å²) < 4.78 is 40.2. The molecular formula is C32H37N5O7S. The number of anilines is 2. The number of aryl methyl sites for hydroxylation is 2. The highest BCUT2D eigenvalue weighted by Crippen LogP contribution is 2.32. The van der Waals surface area contributed by atoms with E-state index in [1.165, 1.54) is 36.9 Å². The lowest BCUT2D eigenvalue weighted by Crippen LogP contribution is -2.50. The number of urea groups is 1. The quantitative estimate of drug-likeness (QED) is 0.253. The zero-order valence-electron chi connectivity index (χ0n) is 25.8. The van der Waals surface area contributed by atoms with Gasteiger partial charge in [0.1, 0.15) is 17.5 Å². The van der Waals surface area contributed by atoms with E-state index in [2.05, 4.69) is 15.2 Å². The monoisotopic (exact) mass is 635 g/mol. The van der Waals surface area contributed by atoms with Crippen molar-refractivity contribution in [2.75, 3.05) is 36.8 Å². The van der Waals surface area contributed by atoms with Gasteiger partial charge >= 0.3 is 6.03 Å². The summed E-state index contributed by atoms with van der Waals surface area (Å²) in [5, 5.41) is 18.6. The molecule has 45 heavy (non-hydrogen) atoms. The van der Waals surface area contributed by atoms with Crippen LogP contribution in [0.1, 0.15) is 35.7 Å². The summed E-state index contributed by atoms with van der Waals surface area (Å²) in [5.74, 6) is -0.284. The molecule has 1 aliphatic rings. The molecular weight excluding hydrogens is 598 g/mol. The molecule has 5 rings (SSSR count). The van der Waals surface area contributed by atoms with Gasteiger partial charge < -0.3 is 29.5 Å². The Bertz CT molecular complexity index is 1820. The first-order valence-corrected chi connectivity index (χ1v) is 16.1. The van der Waals surface area contributed by atoms with Crippen LogP contribution in [0.2, 0.25) is 0 Å². The molecule has 3 aromatic carbocycles. The van der Waals surface area contributed by atoms with E-state index in [-0.39, 0.29) is 65.0 Å². The molecule has 12 nitrogen and oxygen atoms in total. The third-order valence-electron chi connectivity index (χ3n) is 7.99. The number of nitrogens with one attached hydrogen (secondary N) is 2. The van der Waals surface area contributed by atoms with E-state index < -0.39 is 28.1 Å². The molecule has 0 bridgehead atoms. The predicted octanol–water partition coefficient (Wildman–Crippen LogP) is 4.63. The molecule has 0 aliphatic carbocycles. The van der Waals surface area contributed by atoms with E-state index in [1.807, 2.05) is 49.4 Å². The van der Waals surface area contributed by atoms with Crippen LogP contribution in [0.15, 0.2) is 70.1 Å². The van der Waals surface area contributed by atoms with Crippen LogP contribution in [0, 0.1) is 19.8 Å².